The molecule has 1 atom stereocenters. The number of amides is 1. The van der Waals surface area contributed by atoms with Gasteiger partial charge in [0, 0.05) is 35.2 Å². The number of para-hydroxylation sites is 1. The van der Waals surface area contributed by atoms with Crippen molar-refractivity contribution in [2.24, 2.45) is 5.92 Å². The number of aromatic amines is 1. The predicted molar refractivity (Wildman–Crippen MR) is 116 cm³/mol. The summed E-state index contributed by atoms with van der Waals surface area (Å²) < 4.78 is 1.63. The maximum Gasteiger partial charge on any atom is 0.261 e. The number of hydrogen-bond acceptors (Lipinski definition) is 3. The zero-order chi connectivity index (χ0) is 20.4. The van der Waals surface area contributed by atoms with Gasteiger partial charge in [-0.05, 0) is 42.7 Å². The minimum absolute atomic E-state index is 0.0459. The van der Waals surface area contributed by atoms with Crippen LogP contribution in [0.2, 0.25) is 0 Å². The van der Waals surface area contributed by atoms with Crippen molar-refractivity contribution in [3.05, 3.63) is 70.9 Å². The van der Waals surface area contributed by atoms with Crippen molar-refractivity contribution in [2.75, 3.05) is 5.32 Å². The zero-order valence-corrected chi connectivity index (χ0v) is 16.6. The van der Waals surface area contributed by atoms with E-state index in [0.29, 0.717) is 23.1 Å². The normalized spacial score (nSPS) is 12.3. The largest absolute Gasteiger partial charge is 0.361 e. The highest BCUT2D eigenvalue weighted by Gasteiger charge is 2.12. The Morgan fingerprint density at radius 3 is 2.86 bits per heavy atom. The molecule has 6 heteroatoms. The van der Waals surface area contributed by atoms with E-state index in [-0.39, 0.29) is 17.4 Å². The summed E-state index contributed by atoms with van der Waals surface area (Å²) in [5.41, 5.74) is 3.40. The van der Waals surface area contributed by atoms with Gasteiger partial charge in [-0.25, -0.2) is 4.98 Å². The van der Waals surface area contributed by atoms with Gasteiger partial charge < -0.3 is 10.3 Å². The number of aryl methyl sites for hydroxylation is 2. The van der Waals surface area contributed by atoms with Crippen LogP contribution in [-0.4, -0.2) is 20.4 Å². The van der Waals surface area contributed by atoms with Crippen molar-refractivity contribution < 1.29 is 4.79 Å². The summed E-state index contributed by atoms with van der Waals surface area (Å²) in [7, 11) is 0. The summed E-state index contributed by atoms with van der Waals surface area (Å²) >= 11 is 0. The highest BCUT2D eigenvalue weighted by Crippen LogP contribution is 2.19. The van der Waals surface area contributed by atoms with Gasteiger partial charge in [0.25, 0.3) is 5.56 Å². The Balaban J connectivity index is 1.59. The standard InChI is InChI=1S/C23H24N4O2/c1-3-15(2)22(28)26-17-8-9-21-19(12-17)23(29)27(14-25-21)11-10-16-13-24-20-7-5-4-6-18(16)20/h4-9,12-15,24H,3,10-11H2,1-2H3,(H,26,28). The lowest BCUT2D eigenvalue weighted by Gasteiger charge is -2.11. The minimum Gasteiger partial charge on any atom is -0.361 e. The van der Waals surface area contributed by atoms with Crippen LogP contribution in [0.25, 0.3) is 21.8 Å². The maximum absolute atomic E-state index is 13.0. The fourth-order valence-corrected chi connectivity index (χ4v) is 3.43. The molecule has 0 saturated carbocycles. The molecule has 148 valence electrons. The molecule has 29 heavy (non-hydrogen) atoms. The summed E-state index contributed by atoms with van der Waals surface area (Å²) in [5.74, 6) is -0.122. The topological polar surface area (TPSA) is 79.8 Å². The number of hydrogen-bond donors (Lipinski definition) is 2. The lowest BCUT2D eigenvalue weighted by molar-refractivity contribution is -0.119. The molecule has 0 fully saturated rings. The monoisotopic (exact) mass is 388 g/mol. The third-order valence-corrected chi connectivity index (χ3v) is 5.45. The van der Waals surface area contributed by atoms with Crippen LogP contribution in [0.4, 0.5) is 5.69 Å². The fourth-order valence-electron chi connectivity index (χ4n) is 3.43. The highest BCUT2D eigenvalue weighted by atomic mass is 16.2. The van der Waals surface area contributed by atoms with Crippen molar-refractivity contribution in [3.8, 4) is 0 Å². The SMILES string of the molecule is CCC(C)C(=O)Nc1ccc2ncn(CCc3c[nH]c4ccccc34)c(=O)c2c1. The van der Waals surface area contributed by atoms with E-state index in [1.165, 1.54) is 10.9 Å². The maximum atomic E-state index is 13.0. The first kappa shape index (κ1) is 18.9. The number of carbonyl (C=O) groups is 1. The molecule has 0 aliphatic heterocycles. The second kappa shape index (κ2) is 7.91. The molecule has 0 aliphatic rings. The quantitative estimate of drug-likeness (QED) is 0.522. The summed E-state index contributed by atoms with van der Waals surface area (Å²) in [5, 5.41) is 4.57. The third-order valence-electron chi connectivity index (χ3n) is 5.45. The molecule has 2 N–H and O–H groups in total. The summed E-state index contributed by atoms with van der Waals surface area (Å²) in [4.78, 5) is 32.8. The molecule has 1 unspecified atom stereocenters. The summed E-state index contributed by atoms with van der Waals surface area (Å²) in [6.45, 7) is 4.39. The van der Waals surface area contributed by atoms with Gasteiger partial charge in [-0.3, -0.25) is 14.2 Å². The number of anilines is 1. The Morgan fingerprint density at radius 2 is 2.03 bits per heavy atom. The molecular weight excluding hydrogens is 364 g/mol. The van der Waals surface area contributed by atoms with Crippen LogP contribution in [0.15, 0.2) is 59.8 Å². The number of nitrogens with one attached hydrogen (secondary N) is 2. The van der Waals surface area contributed by atoms with E-state index in [4.69, 9.17) is 0 Å². The van der Waals surface area contributed by atoms with Crippen molar-refractivity contribution in [2.45, 2.75) is 33.2 Å². The van der Waals surface area contributed by atoms with Crippen molar-refractivity contribution in [1.82, 2.24) is 14.5 Å². The number of fused-ring (bicyclic) bond motifs is 2. The first-order valence-corrected chi connectivity index (χ1v) is 9.92. The van der Waals surface area contributed by atoms with Gasteiger partial charge in [0.15, 0.2) is 0 Å². The van der Waals surface area contributed by atoms with E-state index < -0.39 is 0 Å². The van der Waals surface area contributed by atoms with Gasteiger partial charge in [-0.2, -0.15) is 0 Å². The Kier molecular flexibility index (Phi) is 5.16. The number of H-pyrrole nitrogens is 1. The molecule has 6 nitrogen and oxygen atoms in total. The van der Waals surface area contributed by atoms with E-state index in [0.717, 1.165) is 18.4 Å². The van der Waals surface area contributed by atoms with Gasteiger partial charge in [-0.1, -0.05) is 32.0 Å². The van der Waals surface area contributed by atoms with Crippen molar-refractivity contribution in [1.29, 1.82) is 0 Å². The summed E-state index contributed by atoms with van der Waals surface area (Å²) in [6, 6.07) is 13.4. The molecule has 2 aromatic heterocycles. The first-order chi connectivity index (χ1) is 14.1. The van der Waals surface area contributed by atoms with Crippen LogP contribution >= 0.6 is 0 Å². The van der Waals surface area contributed by atoms with Gasteiger partial charge in [0.1, 0.15) is 0 Å². The Morgan fingerprint density at radius 1 is 1.21 bits per heavy atom. The van der Waals surface area contributed by atoms with E-state index in [9.17, 15) is 9.59 Å². The van der Waals surface area contributed by atoms with E-state index in [1.807, 2.05) is 38.2 Å². The van der Waals surface area contributed by atoms with E-state index in [2.05, 4.69) is 21.4 Å². The second-order valence-electron chi connectivity index (χ2n) is 7.38. The number of nitrogens with zero attached hydrogens (tertiary/aromatic N) is 2. The van der Waals surface area contributed by atoms with Crippen LogP contribution < -0.4 is 10.9 Å². The smallest absolute Gasteiger partial charge is 0.261 e. The number of rotatable bonds is 6. The highest BCUT2D eigenvalue weighted by molar-refractivity contribution is 5.94. The number of carbonyl (C=O) groups excluding carboxylic acids is 1. The fraction of sp³-hybridized carbons (Fsp3) is 0.261. The van der Waals surface area contributed by atoms with Crippen LogP contribution in [0.1, 0.15) is 25.8 Å². The average molecular weight is 388 g/mol. The van der Waals surface area contributed by atoms with Crippen molar-refractivity contribution in [3.63, 3.8) is 0 Å². The molecule has 0 bridgehead atoms. The summed E-state index contributed by atoms with van der Waals surface area (Å²) in [6.07, 6.45) is 5.08. The minimum atomic E-state index is -0.102. The predicted octanol–water partition coefficient (Wildman–Crippen LogP) is 4.11. The molecule has 0 saturated heterocycles. The van der Waals surface area contributed by atoms with Crippen LogP contribution in [-0.2, 0) is 17.8 Å². The molecule has 2 heterocycles. The zero-order valence-electron chi connectivity index (χ0n) is 16.6. The number of benzene rings is 2. The average Bonchev–Trinajstić information content (AvgIpc) is 3.16. The molecule has 0 spiro atoms. The van der Waals surface area contributed by atoms with Crippen LogP contribution in [0, 0.1) is 5.92 Å². The van der Waals surface area contributed by atoms with E-state index in [1.54, 1.807) is 29.1 Å². The van der Waals surface area contributed by atoms with Crippen LogP contribution in [0.5, 0.6) is 0 Å². The molecule has 4 aromatic rings. The molecule has 0 aliphatic carbocycles. The van der Waals surface area contributed by atoms with Gasteiger partial charge in [0.2, 0.25) is 5.91 Å². The Bertz CT molecular complexity index is 1240. The van der Waals surface area contributed by atoms with Crippen LogP contribution in [0.3, 0.4) is 0 Å². The molecular formula is C23H24N4O2. The number of aromatic nitrogens is 3. The lowest BCUT2D eigenvalue weighted by Crippen LogP contribution is -2.22. The molecule has 0 radical (unpaired) electrons. The van der Waals surface area contributed by atoms with E-state index >= 15 is 0 Å². The third kappa shape index (κ3) is 3.78. The van der Waals surface area contributed by atoms with Crippen molar-refractivity contribution >= 4 is 33.4 Å². The molecule has 1 amide bonds. The van der Waals surface area contributed by atoms with Gasteiger partial charge in [0.05, 0.1) is 17.2 Å². The van der Waals surface area contributed by atoms with Gasteiger partial charge >= 0.3 is 0 Å². The second-order valence-corrected chi connectivity index (χ2v) is 7.38. The first-order valence-electron chi connectivity index (χ1n) is 9.92. The Labute approximate surface area is 168 Å². The lowest BCUT2D eigenvalue weighted by atomic mass is 10.1. The van der Waals surface area contributed by atoms with Gasteiger partial charge in [-0.15, -0.1) is 0 Å². The molecule has 4 rings (SSSR count). The molecule has 2 aromatic carbocycles. The Hall–Kier alpha value is -3.41.